The van der Waals surface area contributed by atoms with Crippen molar-refractivity contribution in [2.45, 2.75) is 45.2 Å². The monoisotopic (exact) mass is 196 g/mol. The molecule has 0 aromatic heterocycles. The zero-order valence-electron chi connectivity index (χ0n) is 9.34. The van der Waals surface area contributed by atoms with E-state index >= 15 is 0 Å². The van der Waals surface area contributed by atoms with Crippen LogP contribution in [-0.2, 0) is 4.79 Å². The van der Waals surface area contributed by atoms with Gasteiger partial charge >= 0.3 is 0 Å². The van der Waals surface area contributed by atoms with E-state index in [9.17, 15) is 4.79 Å². The molecular weight excluding hydrogens is 176 g/mol. The fraction of sp³-hybridized carbons (Fsp3) is 0.909. The average Bonchev–Trinajstić information content (AvgIpc) is 2.63. The SMILES string of the molecule is CC(C)CN1C(=O)C2(CCCN2)C1C. The summed E-state index contributed by atoms with van der Waals surface area (Å²) < 4.78 is 0. The minimum absolute atomic E-state index is 0.172. The summed E-state index contributed by atoms with van der Waals surface area (Å²) in [7, 11) is 0. The van der Waals surface area contributed by atoms with Crippen LogP contribution in [0.2, 0.25) is 0 Å². The summed E-state index contributed by atoms with van der Waals surface area (Å²) in [5.41, 5.74) is -0.172. The van der Waals surface area contributed by atoms with E-state index in [-0.39, 0.29) is 5.54 Å². The van der Waals surface area contributed by atoms with Crippen LogP contribution in [0, 0.1) is 5.92 Å². The van der Waals surface area contributed by atoms with E-state index in [2.05, 4.69) is 26.1 Å². The third-order valence-electron chi connectivity index (χ3n) is 3.57. The summed E-state index contributed by atoms with van der Waals surface area (Å²) in [5.74, 6) is 0.899. The van der Waals surface area contributed by atoms with Crippen molar-refractivity contribution in [2.75, 3.05) is 13.1 Å². The Hall–Kier alpha value is -0.570. The molecule has 0 radical (unpaired) electrons. The third kappa shape index (κ3) is 1.18. The maximum absolute atomic E-state index is 12.0. The number of β-lactam (4-membered cyclic amide) rings is 1. The van der Waals surface area contributed by atoms with Crippen LogP contribution < -0.4 is 5.32 Å². The first kappa shape index (κ1) is 9.97. The molecule has 2 saturated heterocycles. The largest absolute Gasteiger partial charge is 0.336 e. The van der Waals surface area contributed by atoms with Crippen LogP contribution in [0.3, 0.4) is 0 Å². The van der Waals surface area contributed by atoms with Crippen molar-refractivity contribution in [1.29, 1.82) is 0 Å². The van der Waals surface area contributed by atoms with Crippen LogP contribution in [0.15, 0.2) is 0 Å². The van der Waals surface area contributed by atoms with Crippen molar-refractivity contribution in [3.05, 3.63) is 0 Å². The van der Waals surface area contributed by atoms with Crippen LogP contribution >= 0.6 is 0 Å². The molecule has 0 bridgehead atoms. The molecule has 80 valence electrons. The molecule has 2 fully saturated rings. The zero-order valence-corrected chi connectivity index (χ0v) is 9.34. The molecule has 14 heavy (non-hydrogen) atoms. The van der Waals surface area contributed by atoms with E-state index in [1.807, 2.05) is 4.90 Å². The summed E-state index contributed by atoms with van der Waals surface area (Å²) in [6.45, 7) is 8.40. The van der Waals surface area contributed by atoms with Gasteiger partial charge in [-0.1, -0.05) is 13.8 Å². The van der Waals surface area contributed by atoms with E-state index in [1.165, 1.54) is 0 Å². The van der Waals surface area contributed by atoms with Gasteiger partial charge in [-0.25, -0.2) is 0 Å². The summed E-state index contributed by atoms with van der Waals surface area (Å²) in [6.07, 6.45) is 2.17. The lowest BCUT2D eigenvalue weighted by Gasteiger charge is -2.54. The molecule has 1 amide bonds. The molecule has 2 unspecified atom stereocenters. The lowest BCUT2D eigenvalue weighted by molar-refractivity contribution is -0.161. The van der Waals surface area contributed by atoms with E-state index < -0.39 is 0 Å². The maximum atomic E-state index is 12.0. The van der Waals surface area contributed by atoms with Crippen LogP contribution in [0.5, 0.6) is 0 Å². The minimum atomic E-state index is -0.172. The van der Waals surface area contributed by atoms with Gasteiger partial charge in [0, 0.05) is 6.54 Å². The third-order valence-corrected chi connectivity index (χ3v) is 3.57. The summed E-state index contributed by atoms with van der Waals surface area (Å²) >= 11 is 0. The lowest BCUT2D eigenvalue weighted by atomic mass is 9.78. The van der Waals surface area contributed by atoms with Crippen LogP contribution in [0.4, 0.5) is 0 Å². The molecule has 0 saturated carbocycles. The molecule has 2 heterocycles. The standard InChI is InChI=1S/C11H20N2O/c1-8(2)7-13-9(3)11(10(13)14)5-4-6-12-11/h8-9,12H,4-7H2,1-3H3. The molecule has 2 aliphatic heterocycles. The quantitative estimate of drug-likeness (QED) is 0.668. The van der Waals surface area contributed by atoms with Gasteiger partial charge in [0.25, 0.3) is 0 Å². The van der Waals surface area contributed by atoms with Crippen molar-refractivity contribution in [2.24, 2.45) is 5.92 Å². The van der Waals surface area contributed by atoms with Gasteiger partial charge in [-0.3, -0.25) is 4.79 Å². The molecular formula is C11H20N2O. The van der Waals surface area contributed by atoms with Gasteiger partial charge in [0.2, 0.25) is 5.91 Å². The predicted octanol–water partition coefficient (Wildman–Crippen LogP) is 0.995. The Kier molecular flexibility index (Phi) is 2.30. The van der Waals surface area contributed by atoms with Gasteiger partial charge in [0.1, 0.15) is 5.54 Å². The topological polar surface area (TPSA) is 32.3 Å². The first-order chi connectivity index (χ1) is 6.58. The number of likely N-dealkylation sites (tertiary alicyclic amines) is 1. The molecule has 2 aliphatic rings. The molecule has 0 aromatic rings. The average molecular weight is 196 g/mol. The van der Waals surface area contributed by atoms with Crippen LogP contribution in [0.25, 0.3) is 0 Å². The number of nitrogens with one attached hydrogen (secondary N) is 1. The van der Waals surface area contributed by atoms with E-state index in [0.29, 0.717) is 17.9 Å². The lowest BCUT2D eigenvalue weighted by Crippen LogP contribution is -2.77. The Balaban J connectivity index is 2.04. The summed E-state index contributed by atoms with van der Waals surface area (Å²) in [4.78, 5) is 14.0. The number of rotatable bonds is 2. The molecule has 1 spiro atoms. The summed E-state index contributed by atoms with van der Waals surface area (Å²) in [5, 5.41) is 3.38. The first-order valence-corrected chi connectivity index (χ1v) is 5.64. The summed E-state index contributed by atoms with van der Waals surface area (Å²) in [6, 6.07) is 0.389. The van der Waals surface area contributed by atoms with Gasteiger partial charge in [0.15, 0.2) is 0 Å². The van der Waals surface area contributed by atoms with Crippen molar-refractivity contribution in [3.8, 4) is 0 Å². The second-order valence-corrected chi connectivity index (χ2v) is 5.03. The zero-order chi connectivity index (χ0) is 10.3. The maximum Gasteiger partial charge on any atom is 0.245 e. The molecule has 3 heteroatoms. The van der Waals surface area contributed by atoms with Gasteiger partial charge < -0.3 is 10.2 Å². The van der Waals surface area contributed by atoms with Crippen LogP contribution in [-0.4, -0.2) is 35.5 Å². The van der Waals surface area contributed by atoms with Gasteiger partial charge in [-0.05, 0) is 32.2 Å². The second kappa shape index (κ2) is 3.23. The van der Waals surface area contributed by atoms with E-state index in [1.54, 1.807) is 0 Å². The molecule has 2 atom stereocenters. The van der Waals surface area contributed by atoms with Crippen LogP contribution in [0.1, 0.15) is 33.6 Å². The Morgan fingerprint density at radius 2 is 2.36 bits per heavy atom. The molecule has 3 nitrogen and oxygen atoms in total. The number of hydrogen-bond donors (Lipinski definition) is 1. The van der Waals surface area contributed by atoms with Gasteiger partial charge in [-0.2, -0.15) is 0 Å². The Morgan fingerprint density at radius 3 is 2.79 bits per heavy atom. The van der Waals surface area contributed by atoms with Crippen molar-refractivity contribution < 1.29 is 4.79 Å². The highest BCUT2D eigenvalue weighted by molar-refractivity contribution is 5.94. The molecule has 0 aliphatic carbocycles. The highest BCUT2D eigenvalue weighted by Crippen LogP contribution is 2.37. The fourth-order valence-electron chi connectivity index (χ4n) is 2.75. The Labute approximate surface area is 85.8 Å². The molecule has 1 N–H and O–H groups in total. The van der Waals surface area contributed by atoms with E-state index in [0.717, 1.165) is 25.9 Å². The minimum Gasteiger partial charge on any atom is -0.336 e. The Morgan fingerprint density at radius 1 is 1.64 bits per heavy atom. The smallest absolute Gasteiger partial charge is 0.245 e. The highest BCUT2D eigenvalue weighted by Gasteiger charge is 2.59. The molecule has 2 rings (SSSR count). The van der Waals surface area contributed by atoms with Crippen molar-refractivity contribution in [3.63, 3.8) is 0 Å². The number of amides is 1. The van der Waals surface area contributed by atoms with E-state index in [4.69, 9.17) is 0 Å². The van der Waals surface area contributed by atoms with Crippen molar-refractivity contribution >= 4 is 5.91 Å². The highest BCUT2D eigenvalue weighted by atomic mass is 16.2. The predicted molar refractivity (Wildman–Crippen MR) is 56.0 cm³/mol. The molecule has 0 aromatic carbocycles. The Bertz CT molecular complexity index is 244. The van der Waals surface area contributed by atoms with Crippen molar-refractivity contribution in [1.82, 2.24) is 10.2 Å². The normalized spacial score (nSPS) is 37.0. The number of hydrogen-bond acceptors (Lipinski definition) is 2. The number of carbonyl (C=O) groups excluding carboxylic acids is 1. The fourth-order valence-corrected chi connectivity index (χ4v) is 2.75. The first-order valence-electron chi connectivity index (χ1n) is 5.64. The number of nitrogens with zero attached hydrogens (tertiary/aromatic N) is 1. The van der Waals surface area contributed by atoms with Gasteiger partial charge in [0.05, 0.1) is 6.04 Å². The van der Waals surface area contributed by atoms with Gasteiger partial charge in [-0.15, -0.1) is 0 Å². The second-order valence-electron chi connectivity index (χ2n) is 5.03. The number of carbonyl (C=O) groups is 1.